The van der Waals surface area contributed by atoms with E-state index in [4.69, 9.17) is 0 Å². The summed E-state index contributed by atoms with van der Waals surface area (Å²) in [6.07, 6.45) is 4.20. The number of hydrogen-bond donors (Lipinski definition) is 3. The number of nitrogens with one attached hydrogen (secondary N) is 2. The zero-order valence-electron chi connectivity index (χ0n) is 13.1. The molecule has 4 nitrogen and oxygen atoms in total. The van der Waals surface area contributed by atoms with E-state index in [2.05, 4.69) is 10.6 Å². The van der Waals surface area contributed by atoms with Gasteiger partial charge in [0.15, 0.2) is 0 Å². The maximum Gasteiger partial charge on any atom is 0.314 e. The number of amides is 2. The number of hydrogen-bond acceptors (Lipinski definition) is 2. The van der Waals surface area contributed by atoms with Gasteiger partial charge in [0, 0.05) is 13.1 Å². The summed E-state index contributed by atoms with van der Waals surface area (Å²) >= 11 is 0. The van der Waals surface area contributed by atoms with Crippen LogP contribution in [0.15, 0.2) is 18.2 Å². The summed E-state index contributed by atoms with van der Waals surface area (Å²) in [7, 11) is 0. The predicted octanol–water partition coefficient (Wildman–Crippen LogP) is 2.53. The van der Waals surface area contributed by atoms with Gasteiger partial charge >= 0.3 is 6.03 Å². The highest BCUT2D eigenvalue weighted by Crippen LogP contribution is 2.23. The molecule has 0 spiro atoms. The molecule has 0 saturated heterocycles. The van der Waals surface area contributed by atoms with Gasteiger partial charge in [-0.05, 0) is 61.8 Å². The van der Waals surface area contributed by atoms with E-state index < -0.39 is 0 Å². The van der Waals surface area contributed by atoms with E-state index in [1.807, 2.05) is 6.92 Å². The summed E-state index contributed by atoms with van der Waals surface area (Å²) in [5, 5.41) is 15.3. The zero-order chi connectivity index (χ0) is 15.9. The molecule has 0 aliphatic heterocycles. The summed E-state index contributed by atoms with van der Waals surface area (Å²) in [5.41, 5.74) is 1.94. The Hall–Kier alpha value is -1.62. The third-order valence-electron chi connectivity index (χ3n) is 4.29. The van der Waals surface area contributed by atoms with Gasteiger partial charge in [-0.15, -0.1) is 0 Å². The minimum Gasteiger partial charge on any atom is -0.393 e. The number of aryl methyl sites for hydroxylation is 1. The fraction of sp³-hybridized carbons (Fsp3) is 0.588. The smallest absolute Gasteiger partial charge is 0.314 e. The van der Waals surface area contributed by atoms with Crippen molar-refractivity contribution in [3.63, 3.8) is 0 Å². The Morgan fingerprint density at radius 3 is 2.91 bits per heavy atom. The number of halogens is 1. The Balaban J connectivity index is 1.65. The van der Waals surface area contributed by atoms with Crippen molar-refractivity contribution in [1.29, 1.82) is 0 Å². The molecular formula is C17H25FN2O2. The summed E-state index contributed by atoms with van der Waals surface area (Å²) in [6.45, 7) is 3.00. The maximum absolute atomic E-state index is 13.0. The number of carbonyl (C=O) groups excluding carboxylic acids is 1. The number of urea groups is 1. The van der Waals surface area contributed by atoms with Crippen molar-refractivity contribution in [1.82, 2.24) is 10.6 Å². The van der Waals surface area contributed by atoms with Gasteiger partial charge in [0.05, 0.1) is 6.10 Å². The van der Waals surface area contributed by atoms with Crippen LogP contribution >= 0.6 is 0 Å². The van der Waals surface area contributed by atoms with E-state index in [9.17, 15) is 14.3 Å². The van der Waals surface area contributed by atoms with Crippen LogP contribution in [0.1, 0.15) is 36.8 Å². The Labute approximate surface area is 131 Å². The molecule has 1 aromatic rings. The molecule has 2 atom stereocenters. The van der Waals surface area contributed by atoms with Gasteiger partial charge in [-0.2, -0.15) is 0 Å². The molecule has 0 heterocycles. The lowest BCUT2D eigenvalue weighted by Crippen LogP contribution is -2.40. The second-order valence-electron chi connectivity index (χ2n) is 6.14. The highest BCUT2D eigenvalue weighted by molar-refractivity contribution is 5.73. The van der Waals surface area contributed by atoms with Crippen LogP contribution in [-0.2, 0) is 6.42 Å². The standard InChI is InChI=1S/C17H25FN2O2/c1-12-9-15(18)6-5-14(12)7-8-19-17(22)20-11-13-3-2-4-16(21)10-13/h5-6,9,13,16,21H,2-4,7-8,10-11H2,1H3,(H2,19,20,22). The number of rotatable bonds is 5. The van der Waals surface area contributed by atoms with Crippen molar-refractivity contribution in [3.05, 3.63) is 35.1 Å². The lowest BCUT2D eigenvalue weighted by Gasteiger charge is -2.25. The maximum atomic E-state index is 13.0. The predicted molar refractivity (Wildman–Crippen MR) is 84.2 cm³/mol. The summed E-state index contributed by atoms with van der Waals surface area (Å²) in [6, 6.07) is 4.52. The van der Waals surface area contributed by atoms with Crippen LogP contribution in [0, 0.1) is 18.7 Å². The van der Waals surface area contributed by atoms with Crippen molar-refractivity contribution >= 4 is 6.03 Å². The van der Waals surface area contributed by atoms with Crippen LogP contribution < -0.4 is 10.6 Å². The average molecular weight is 308 g/mol. The first-order valence-electron chi connectivity index (χ1n) is 7.99. The first kappa shape index (κ1) is 16.7. The minimum atomic E-state index is -0.235. The van der Waals surface area contributed by atoms with Crippen LogP contribution in [0.3, 0.4) is 0 Å². The molecule has 2 amide bonds. The van der Waals surface area contributed by atoms with Gasteiger partial charge < -0.3 is 15.7 Å². The van der Waals surface area contributed by atoms with Gasteiger partial charge in [-0.25, -0.2) is 9.18 Å². The van der Waals surface area contributed by atoms with Gasteiger partial charge in [0.1, 0.15) is 5.82 Å². The lowest BCUT2D eigenvalue weighted by molar-refractivity contribution is 0.101. The molecule has 122 valence electrons. The van der Waals surface area contributed by atoms with Crippen molar-refractivity contribution in [2.45, 2.75) is 45.1 Å². The molecule has 0 radical (unpaired) electrons. The second kappa shape index (κ2) is 8.13. The third kappa shape index (κ3) is 5.30. The SMILES string of the molecule is Cc1cc(F)ccc1CCNC(=O)NCC1CCCC(O)C1. The van der Waals surface area contributed by atoms with E-state index in [-0.39, 0.29) is 18.0 Å². The van der Waals surface area contributed by atoms with Gasteiger partial charge in [-0.1, -0.05) is 12.5 Å². The molecule has 2 unspecified atom stereocenters. The molecule has 0 aromatic heterocycles. The average Bonchev–Trinajstić information content (AvgIpc) is 2.47. The van der Waals surface area contributed by atoms with E-state index in [0.29, 0.717) is 25.4 Å². The van der Waals surface area contributed by atoms with Crippen LogP contribution in [0.5, 0.6) is 0 Å². The van der Waals surface area contributed by atoms with Crippen LogP contribution in [-0.4, -0.2) is 30.3 Å². The third-order valence-corrected chi connectivity index (χ3v) is 4.29. The molecule has 1 saturated carbocycles. The molecule has 22 heavy (non-hydrogen) atoms. The number of aliphatic hydroxyl groups excluding tert-OH is 1. The van der Waals surface area contributed by atoms with Crippen molar-refractivity contribution in [3.8, 4) is 0 Å². The van der Waals surface area contributed by atoms with Crippen LogP contribution in [0.2, 0.25) is 0 Å². The van der Waals surface area contributed by atoms with Gasteiger partial charge in [0.2, 0.25) is 0 Å². The van der Waals surface area contributed by atoms with E-state index in [1.54, 1.807) is 6.07 Å². The summed E-state index contributed by atoms with van der Waals surface area (Å²) < 4.78 is 13.0. The molecule has 2 rings (SSSR count). The molecule has 1 aliphatic carbocycles. The first-order valence-corrected chi connectivity index (χ1v) is 7.99. The fourth-order valence-corrected chi connectivity index (χ4v) is 3.00. The number of aliphatic hydroxyl groups is 1. The number of benzene rings is 1. The van der Waals surface area contributed by atoms with E-state index in [0.717, 1.165) is 36.8 Å². The Morgan fingerprint density at radius 1 is 1.36 bits per heavy atom. The van der Waals surface area contributed by atoms with Gasteiger partial charge in [-0.3, -0.25) is 0 Å². The normalized spacial score (nSPS) is 21.4. The summed E-state index contributed by atoms with van der Waals surface area (Å²) in [5.74, 6) is 0.135. The molecule has 5 heteroatoms. The van der Waals surface area contributed by atoms with Crippen molar-refractivity contribution in [2.24, 2.45) is 5.92 Å². The van der Waals surface area contributed by atoms with Gasteiger partial charge in [0.25, 0.3) is 0 Å². The Morgan fingerprint density at radius 2 is 2.18 bits per heavy atom. The molecule has 0 bridgehead atoms. The zero-order valence-corrected chi connectivity index (χ0v) is 13.1. The van der Waals surface area contributed by atoms with E-state index >= 15 is 0 Å². The second-order valence-corrected chi connectivity index (χ2v) is 6.14. The molecule has 3 N–H and O–H groups in total. The summed E-state index contributed by atoms with van der Waals surface area (Å²) in [4.78, 5) is 11.8. The molecular weight excluding hydrogens is 283 g/mol. The molecule has 1 fully saturated rings. The topological polar surface area (TPSA) is 61.4 Å². The van der Waals surface area contributed by atoms with Crippen molar-refractivity contribution < 1.29 is 14.3 Å². The highest BCUT2D eigenvalue weighted by Gasteiger charge is 2.20. The Bertz CT molecular complexity index is 507. The lowest BCUT2D eigenvalue weighted by atomic mass is 9.87. The first-order chi connectivity index (χ1) is 10.5. The molecule has 1 aromatic carbocycles. The van der Waals surface area contributed by atoms with Crippen molar-refractivity contribution in [2.75, 3.05) is 13.1 Å². The van der Waals surface area contributed by atoms with E-state index in [1.165, 1.54) is 12.1 Å². The largest absolute Gasteiger partial charge is 0.393 e. The monoisotopic (exact) mass is 308 g/mol. The minimum absolute atomic E-state index is 0.181. The molecule has 1 aliphatic rings. The van der Waals surface area contributed by atoms with Crippen LogP contribution in [0.25, 0.3) is 0 Å². The quantitative estimate of drug-likeness (QED) is 0.783. The Kier molecular flexibility index (Phi) is 6.19. The fourth-order valence-electron chi connectivity index (χ4n) is 3.00. The highest BCUT2D eigenvalue weighted by atomic mass is 19.1. The van der Waals surface area contributed by atoms with Crippen LogP contribution in [0.4, 0.5) is 9.18 Å². The number of carbonyl (C=O) groups is 1.